The van der Waals surface area contributed by atoms with Crippen LogP contribution in [0.4, 0.5) is 0 Å². The average molecular weight is 282 g/mol. The molecule has 5 nitrogen and oxygen atoms in total. The Morgan fingerprint density at radius 1 is 1.37 bits per heavy atom. The second kappa shape index (κ2) is 8.77. The largest absolute Gasteiger partial charge is 0.355 e. The van der Waals surface area contributed by atoms with Crippen molar-refractivity contribution in [2.45, 2.75) is 26.7 Å². The highest BCUT2D eigenvalue weighted by Crippen LogP contribution is 2.08. The summed E-state index contributed by atoms with van der Waals surface area (Å²) in [6.45, 7) is 4.96. The van der Waals surface area contributed by atoms with Gasteiger partial charge in [0.1, 0.15) is 5.52 Å². The molecule has 0 bridgehead atoms. The fourth-order valence-electron chi connectivity index (χ4n) is 1.51. The molecule has 0 spiro atoms. The number of aryl methyl sites for hydroxylation is 1. The summed E-state index contributed by atoms with van der Waals surface area (Å²) in [6, 6.07) is 0. The molecule has 0 saturated heterocycles. The van der Waals surface area contributed by atoms with Gasteiger partial charge in [0.15, 0.2) is 0 Å². The van der Waals surface area contributed by atoms with Gasteiger partial charge in [0.25, 0.3) is 5.56 Å². The van der Waals surface area contributed by atoms with Crippen LogP contribution in [-0.4, -0.2) is 33.0 Å². The van der Waals surface area contributed by atoms with Crippen LogP contribution in [0.1, 0.15) is 25.3 Å². The number of thioether (sulfide) groups is 1. The Morgan fingerprint density at radius 3 is 2.79 bits per heavy atom. The van der Waals surface area contributed by atoms with Crippen molar-refractivity contribution in [3.05, 3.63) is 28.4 Å². The Hall–Kier alpha value is -1.27. The molecule has 4 N–H and O–H groups in total. The first-order valence-electron chi connectivity index (χ1n) is 6.49. The first-order chi connectivity index (χ1) is 9.20. The van der Waals surface area contributed by atoms with Crippen LogP contribution in [0.2, 0.25) is 0 Å². The Balaban J connectivity index is 0.000000203. The summed E-state index contributed by atoms with van der Waals surface area (Å²) in [5, 5.41) is 0. The summed E-state index contributed by atoms with van der Waals surface area (Å²) in [5.74, 6) is 2.53. The molecule has 0 unspecified atom stereocenters. The fraction of sp³-hybridized carbons (Fsp3) is 0.538. The van der Waals surface area contributed by atoms with Gasteiger partial charge in [-0.1, -0.05) is 6.92 Å². The minimum absolute atomic E-state index is 0.122. The van der Waals surface area contributed by atoms with Crippen LogP contribution in [0.15, 0.2) is 17.3 Å². The van der Waals surface area contributed by atoms with Crippen LogP contribution >= 0.6 is 11.8 Å². The van der Waals surface area contributed by atoms with Crippen molar-refractivity contribution in [1.82, 2.24) is 15.0 Å². The summed E-state index contributed by atoms with van der Waals surface area (Å²) in [5.41, 5.74) is 7.46. The summed E-state index contributed by atoms with van der Waals surface area (Å²) < 4.78 is 0. The molecule has 0 aliphatic carbocycles. The lowest BCUT2D eigenvalue weighted by molar-refractivity contribution is 0.941. The van der Waals surface area contributed by atoms with Gasteiger partial charge < -0.3 is 15.7 Å². The van der Waals surface area contributed by atoms with E-state index in [1.54, 1.807) is 6.20 Å². The Bertz CT molecular complexity index is 529. The van der Waals surface area contributed by atoms with E-state index in [9.17, 15) is 4.79 Å². The molecule has 0 aliphatic rings. The minimum Gasteiger partial charge on any atom is -0.355 e. The van der Waals surface area contributed by atoms with Gasteiger partial charge in [0.2, 0.25) is 0 Å². The van der Waals surface area contributed by atoms with E-state index >= 15 is 0 Å². The monoisotopic (exact) mass is 282 g/mol. The van der Waals surface area contributed by atoms with Gasteiger partial charge in [0, 0.05) is 6.20 Å². The Labute approximate surface area is 117 Å². The van der Waals surface area contributed by atoms with Crippen molar-refractivity contribution in [2.75, 3.05) is 18.1 Å². The number of hydrogen-bond donors (Lipinski definition) is 3. The number of fused-ring (bicyclic) bond motifs is 1. The number of aromatic amines is 2. The smallest absolute Gasteiger partial charge is 0.275 e. The van der Waals surface area contributed by atoms with E-state index in [1.807, 2.05) is 18.7 Å². The van der Waals surface area contributed by atoms with Crippen LogP contribution in [-0.2, 0) is 0 Å². The predicted molar refractivity (Wildman–Crippen MR) is 82.7 cm³/mol. The molecule has 0 radical (unpaired) electrons. The first kappa shape index (κ1) is 15.8. The molecule has 2 heterocycles. The van der Waals surface area contributed by atoms with Crippen molar-refractivity contribution < 1.29 is 0 Å². The van der Waals surface area contributed by atoms with Crippen molar-refractivity contribution >= 4 is 22.8 Å². The number of nitrogens with one attached hydrogen (secondary N) is 2. The highest BCUT2D eigenvalue weighted by molar-refractivity contribution is 7.99. The van der Waals surface area contributed by atoms with Gasteiger partial charge in [-0.15, -0.1) is 0 Å². The summed E-state index contributed by atoms with van der Waals surface area (Å²) in [7, 11) is 0. The fourth-order valence-corrected chi connectivity index (χ4v) is 2.38. The van der Waals surface area contributed by atoms with Gasteiger partial charge in [0.05, 0.1) is 11.8 Å². The van der Waals surface area contributed by atoms with E-state index in [1.165, 1.54) is 30.7 Å². The van der Waals surface area contributed by atoms with Gasteiger partial charge in [-0.05, 0) is 43.4 Å². The highest BCUT2D eigenvalue weighted by atomic mass is 32.2. The normalized spacial score (nSPS) is 10.3. The summed E-state index contributed by atoms with van der Waals surface area (Å²) in [4.78, 5) is 20.4. The SMILES string of the molecule is CCCSCCCN.Cc1c[nH]c2c(=O)[nH]cnc12. The number of nitrogens with two attached hydrogens (primary N) is 1. The lowest BCUT2D eigenvalue weighted by Crippen LogP contribution is -2.05. The standard InChI is InChI=1S/C7H7N3O.C6H15NS/c1-4-2-8-6-5(4)9-3-10-7(6)11;1-2-5-8-6-3-4-7/h2-3,8H,1H3,(H,9,10,11);2-7H2,1H3. The predicted octanol–water partition coefficient (Wildman–Crippen LogP) is 2.04. The van der Waals surface area contributed by atoms with Gasteiger partial charge >= 0.3 is 0 Å². The van der Waals surface area contributed by atoms with Crippen molar-refractivity contribution in [1.29, 1.82) is 0 Å². The van der Waals surface area contributed by atoms with Gasteiger partial charge in [-0.25, -0.2) is 4.98 Å². The number of nitrogens with zero attached hydrogens (tertiary/aromatic N) is 1. The minimum atomic E-state index is -0.122. The second-order valence-corrected chi connectivity index (χ2v) is 5.41. The molecule has 2 rings (SSSR count). The number of hydrogen-bond acceptors (Lipinski definition) is 4. The lowest BCUT2D eigenvalue weighted by atomic mass is 10.3. The number of H-pyrrole nitrogens is 2. The number of rotatable bonds is 5. The third kappa shape index (κ3) is 5.08. The van der Waals surface area contributed by atoms with Crippen LogP contribution in [0.5, 0.6) is 0 Å². The van der Waals surface area contributed by atoms with Gasteiger partial charge in [-0.2, -0.15) is 11.8 Å². The third-order valence-electron chi connectivity index (χ3n) is 2.50. The molecule has 0 aromatic carbocycles. The quantitative estimate of drug-likeness (QED) is 0.732. The average Bonchev–Trinajstić information content (AvgIpc) is 2.79. The van der Waals surface area contributed by atoms with E-state index in [0.29, 0.717) is 5.52 Å². The molecule has 0 amide bonds. The molecule has 0 atom stereocenters. The Morgan fingerprint density at radius 2 is 2.16 bits per heavy atom. The van der Waals surface area contributed by atoms with E-state index in [0.717, 1.165) is 17.6 Å². The van der Waals surface area contributed by atoms with Crippen LogP contribution in [0.3, 0.4) is 0 Å². The van der Waals surface area contributed by atoms with Crippen molar-refractivity contribution in [2.24, 2.45) is 5.73 Å². The second-order valence-electron chi connectivity index (χ2n) is 4.18. The zero-order chi connectivity index (χ0) is 14.1. The molecule has 106 valence electrons. The topological polar surface area (TPSA) is 87.6 Å². The number of aromatic nitrogens is 3. The summed E-state index contributed by atoms with van der Waals surface area (Å²) in [6.07, 6.45) is 5.64. The maximum Gasteiger partial charge on any atom is 0.275 e. The zero-order valence-corrected chi connectivity index (χ0v) is 12.3. The van der Waals surface area contributed by atoms with Gasteiger partial charge in [-0.3, -0.25) is 4.79 Å². The maximum atomic E-state index is 11.1. The highest BCUT2D eigenvalue weighted by Gasteiger charge is 2.01. The molecular formula is C13H22N4OS. The zero-order valence-electron chi connectivity index (χ0n) is 11.5. The Kier molecular flexibility index (Phi) is 7.28. The first-order valence-corrected chi connectivity index (χ1v) is 7.65. The molecule has 2 aromatic heterocycles. The maximum absolute atomic E-state index is 11.1. The lowest BCUT2D eigenvalue weighted by Gasteiger charge is -1.94. The molecule has 19 heavy (non-hydrogen) atoms. The van der Waals surface area contributed by atoms with E-state index in [-0.39, 0.29) is 5.56 Å². The van der Waals surface area contributed by atoms with E-state index in [2.05, 4.69) is 21.9 Å². The van der Waals surface area contributed by atoms with Crippen molar-refractivity contribution in [3.63, 3.8) is 0 Å². The summed E-state index contributed by atoms with van der Waals surface area (Å²) >= 11 is 2.00. The van der Waals surface area contributed by atoms with Crippen molar-refractivity contribution in [3.8, 4) is 0 Å². The van der Waals surface area contributed by atoms with Crippen LogP contribution < -0.4 is 11.3 Å². The molecule has 0 saturated carbocycles. The molecular weight excluding hydrogens is 260 g/mol. The third-order valence-corrected chi connectivity index (χ3v) is 3.78. The molecule has 6 heteroatoms. The van der Waals surface area contributed by atoms with Crippen LogP contribution in [0, 0.1) is 6.92 Å². The molecule has 0 aliphatic heterocycles. The van der Waals surface area contributed by atoms with E-state index < -0.39 is 0 Å². The van der Waals surface area contributed by atoms with E-state index in [4.69, 9.17) is 5.73 Å². The molecule has 2 aromatic rings. The van der Waals surface area contributed by atoms with Crippen LogP contribution in [0.25, 0.3) is 11.0 Å². The molecule has 0 fully saturated rings.